The fourth-order valence-corrected chi connectivity index (χ4v) is 5.34. The maximum Gasteiger partial charge on any atom is 0.404 e. The normalized spacial score (nSPS) is 23.0. The van der Waals surface area contributed by atoms with E-state index in [0.29, 0.717) is 22.5 Å². The van der Waals surface area contributed by atoms with E-state index in [4.69, 9.17) is 16.2 Å². The number of primary amides is 1. The molecule has 3 aromatic heterocycles. The minimum Gasteiger partial charge on any atom is -0.446 e. The zero-order chi connectivity index (χ0) is 26.8. The second-order valence-corrected chi connectivity index (χ2v) is 10.3. The Bertz CT molecular complexity index is 1390. The van der Waals surface area contributed by atoms with Crippen LogP contribution in [0.5, 0.6) is 0 Å². The molecule has 12 heteroatoms. The number of ether oxygens (including phenoxy) is 1. The van der Waals surface area contributed by atoms with Crippen LogP contribution in [-0.2, 0) is 4.74 Å². The van der Waals surface area contributed by atoms with Gasteiger partial charge in [-0.15, -0.1) is 12.4 Å². The minimum atomic E-state index is -0.773. The van der Waals surface area contributed by atoms with Gasteiger partial charge in [0.05, 0.1) is 39.9 Å². The summed E-state index contributed by atoms with van der Waals surface area (Å²) in [5.41, 5.74) is 15.0. The first-order valence-electron chi connectivity index (χ1n) is 13.0. The molecule has 1 unspecified atom stereocenters. The van der Waals surface area contributed by atoms with Crippen molar-refractivity contribution in [3.8, 4) is 17.5 Å². The molecular formula is C27H33ClN8O3. The second kappa shape index (κ2) is 11.9. The molecule has 39 heavy (non-hydrogen) atoms. The summed E-state index contributed by atoms with van der Waals surface area (Å²) >= 11 is 0. The second-order valence-electron chi connectivity index (χ2n) is 10.3. The van der Waals surface area contributed by atoms with Crippen molar-refractivity contribution in [1.82, 2.24) is 19.9 Å². The summed E-state index contributed by atoms with van der Waals surface area (Å²) in [4.78, 5) is 29.1. The van der Waals surface area contributed by atoms with E-state index in [9.17, 15) is 14.9 Å². The van der Waals surface area contributed by atoms with Gasteiger partial charge in [0.2, 0.25) is 0 Å². The summed E-state index contributed by atoms with van der Waals surface area (Å²) in [6.07, 6.45) is 7.12. The molecule has 6 N–H and O–H groups in total. The number of nitrogens with zero attached hydrogens (tertiary/aromatic N) is 4. The topological polar surface area (TPSA) is 173 Å². The van der Waals surface area contributed by atoms with E-state index < -0.39 is 6.09 Å². The van der Waals surface area contributed by atoms with Gasteiger partial charge in [0.1, 0.15) is 12.2 Å². The highest BCUT2D eigenvalue weighted by molar-refractivity contribution is 6.00. The average molecular weight is 553 g/mol. The number of carbonyl (C=O) groups excluding carboxylic acids is 2. The third kappa shape index (κ3) is 6.24. The average Bonchev–Trinajstić information content (AvgIpc) is 3.29. The van der Waals surface area contributed by atoms with Crippen molar-refractivity contribution in [2.45, 2.75) is 69.7 Å². The van der Waals surface area contributed by atoms with Crippen LogP contribution >= 0.6 is 12.4 Å². The number of carbonyl (C=O) groups is 2. The number of amides is 2. The zero-order valence-corrected chi connectivity index (χ0v) is 22.5. The number of pyridine rings is 1. The zero-order valence-electron chi connectivity index (χ0n) is 21.7. The number of hydrogen-bond donors (Lipinski definition) is 4. The monoisotopic (exact) mass is 552 g/mol. The van der Waals surface area contributed by atoms with Crippen molar-refractivity contribution in [3.05, 3.63) is 47.8 Å². The van der Waals surface area contributed by atoms with Crippen molar-refractivity contribution in [1.29, 1.82) is 5.26 Å². The van der Waals surface area contributed by atoms with Gasteiger partial charge in [-0.3, -0.25) is 9.78 Å². The quantitative estimate of drug-likeness (QED) is 0.345. The van der Waals surface area contributed by atoms with Gasteiger partial charge in [0.15, 0.2) is 0 Å². The van der Waals surface area contributed by atoms with E-state index in [1.165, 1.54) is 6.20 Å². The fraction of sp³-hybridized carbons (Fsp3) is 0.444. The Hall–Kier alpha value is -3.88. The molecule has 0 aliphatic heterocycles. The molecule has 2 aliphatic rings. The number of fused-ring (bicyclic) bond motifs is 1. The van der Waals surface area contributed by atoms with E-state index in [1.54, 1.807) is 16.8 Å². The van der Waals surface area contributed by atoms with Crippen LogP contribution in [0.15, 0.2) is 36.7 Å². The van der Waals surface area contributed by atoms with Crippen LogP contribution in [0.3, 0.4) is 0 Å². The highest BCUT2D eigenvalue weighted by Crippen LogP contribution is 2.35. The number of hydrogen-bond acceptors (Lipinski definition) is 8. The van der Waals surface area contributed by atoms with E-state index >= 15 is 0 Å². The molecule has 0 aromatic carbocycles. The first-order chi connectivity index (χ1) is 18.3. The lowest BCUT2D eigenvalue weighted by atomic mass is 9.77. The van der Waals surface area contributed by atoms with Crippen molar-refractivity contribution in [2.75, 3.05) is 5.32 Å². The Balaban J connectivity index is 0.00000353. The van der Waals surface area contributed by atoms with Crippen LogP contribution in [-0.4, -0.2) is 50.8 Å². The van der Waals surface area contributed by atoms with E-state index in [2.05, 4.69) is 26.8 Å². The predicted octanol–water partition coefficient (Wildman–Crippen LogP) is 3.36. The number of aromatic nitrogens is 3. The van der Waals surface area contributed by atoms with E-state index in [-0.39, 0.29) is 48.5 Å². The van der Waals surface area contributed by atoms with Gasteiger partial charge in [-0.1, -0.05) is 0 Å². The fourth-order valence-electron chi connectivity index (χ4n) is 5.34. The lowest BCUT2D eigenvalue weighted by molar-refractivity contribution is 0.0451. The Labute approximate surface area is 232 Å². The Morgan fingerprint density at radius 2 is 1.90 bits per heavy atom. The maximum atomic E-state index is 13.3. The Kier molecular flexibility index (Phi) is 8.57. The third-order valence-corrected chi connectivity index (χ3v) is 7.65. The molecule has 206 valence electrons. The molecule has 0 spiro atoms. The Morgan fingerprint density at radius 1 is 1.15 bits per heavy atom. The van der Waals surface area contributed by atoms with Crippen molar-refractivity contribution < 1.29 is 14.3 Å². The van der Waals surface area contributed by atoms with Gasteiger partial charge in [-0.05, 0) is 75.6 Å². The minimum absolute atomic E-state index is 0. The SMILES string of the molecule is CC(OC(N)=O)C1CC(Nc2cc(-c3ccc4cc(C#N)cnn34)ncc2C(=O)NC2CCC(N)CC2)C1.Cl. The molecule has 2 amide bonds. The molecule has 0 radical (unpaired) electrons. The summed E-state index contributed by atoms with van der Waals surface area (Å²) in [5.74, 6) is 0.0169. The highest BCUT2D eigenvalue weighted by atomic mass is 35.5. The van der Waals surface area contributed by atoms with Gasteiger partial charge in [-0.2, -0.15) is 10.4 Å². The van der Waals surface area contributed by atoms with Gasteiger partial charge in [0.25, 0.3) is 5.91 Å². The van der Waals surface area contributed by atoms with E-state index in [0.717, 1.165) is 49.7 Å². The molecule has 2 saturated carbocycles. The summed E-state index contributed by atoms with van der Waals surface area (Å²) in [6, 6.07) is 9.89. The van der Waals surface area contributed by atoms with Gasteiger partial charge in [0, 0.05) is 24.3 Å². The Morgan fingerprint density at radius 3 is 2.59 bits per heavy atom. The lowest BCUT2D eigenvalue weighted by Crippen LogP contribution is -2.43. The molecular weight excluding hydrogens is 520 g/mol. The largest absolute Gasteiger partial charge is 0.446 e. The van der Waals surface area contributed by atoms with E-state index in [1.807, 2.05) is 25.1 Å². The summed E-state index contributed by atoms with van der Waals surface area (Å²) < 4.78 is 6.85. The van der Waals surface area contributed by atoms with Crippen molar-refractivity contribution in [3.63, 3.8) is 0 Å². The van der Waals surface area contributed by atoms with Gasteiger partial charge in [-0.25, -0.2) is 9.31 Å². The van der Waals surface area contributed by atoms with Crippen LogP contribution in [0, 0.1) is 17.2 Å². The van der Waals surface area contributed by atoms with Crippen LogP contribution in [0.1, 0.15) is 61.4 Å². The lowest BCUT2D eigenvalue weighted by Gasteiger charge is -2.39. The number of nitriles is 1. The number of rotatable bonds is 7. The number of nitrogens with one attached hydrogen (secondary N) is 2. The summed E-state index contributed by atoms with van der Waals surface area (Å²) in [6.45, 7) is 1.84. The number of anilines is 1. The molecule has 2 aliphatic carbocycles. The molecule has 11 nitrogen and oxygen atoms in total. The third-order valence-electron chi connectivity index (χ3n) is 7.65. The highest BCUT2D eigenvalue weighted by Gasteiger charge is 2.35. The van der Waals surface area contributed by atoms with Crippen molar-refractivity contribution in [2.24, 2.45) is 17.4 Å². The molecule has 3 heterocycles. The first kappa shape index (κ1) is 28.1. The summed E-state index contributed by atoms with van der Waals surface area (Å²) in [5, 5.41) is 20.2. The van der Waals surface area contributed by atoms with Crippen molar-refractivity contribution >= 4 is 35.6 Å². The summed E-state index contributed by atoms with van der Waals surface area (Å²) in [7, 11) is 0. The maximum absolute atomic E-state index is 13.3. The molecule has 1 atom stereocenters. The number of nitrogens with two attached hydrogens (primary N) is 2. The van der Waals surface area contributed by atoms with Crippen LogP contribution in [0.2, 0.25) is 0 Å². The standard InChI is InChI=1S/C27H32N8O3.ClH/c1-15(38-27(30)37)17-9-20(10-17)33-23-11-24(25-7-6-21-8-16(12-28)13-32-35(21)25)31-14-22(23)26(36)34-19-4-2-18(29)3-5-19;/h6-8,11,13-15,17-20H,2-5,9-10,29H2,1H3,(H2,30,37)(H,31,33)(H,34,36);1H. The predicted molar refractivity (Wildman–Crippen MR) is 148 cm³/mol. The van der Waals surface area contributed by atoms with Crippen LogP contribution in [0.4, 0.5) is 10.5 Å². The van der Waals surface area contributed by atoms with Crippen LogP contribution in [0.25, 0.3) is 16.9 Å². The van der Waals surface area contributed by atoms with Gasteiger partial charge < -0.3 is 26.8 Å². The van der Waals surface area contributed by atoms with Crippen LogP contribution < -0.4 is 22.1 Å². The smallest absolute Gasteiger partial charge is 0.404 e. The molecule has 2 fully saturated rings. The number of halogens is 1. The molecule has 0 bridgehead atoms. The molecule has 5 rings (SSSR count). The first-order valence-corrected chi connectivity index (χ1v) is 13.0. The van der Waals surface area contributed by atoms with Gasteiger partial charge >= 0.3 is 6.09 Å². The molecule has 3 aromatic rings. The molecule has 0 saturated heterocycles.